The summed E-state index contributed by atoms with van der Waals surface area (Å²) in [7, 11) is 0. The van der Waals surface area contributed by atoms with Gasteiger partial charge in [-0.05, 0) is 17.7 Å². The van der Waals surface area contributed by atoms with Gasteiger partial charge in [0.05, 0.1) is 33.5 Å². The molecule has 0 amide bonds. The number of hydrogen-bond acceptors (Lipinski definition) is 6. The van der Waals surface area contributed by atoms with Gasteiger partial charge in [-0.2, -0.15) is 5.26 Å². The van der Waals surface area contributed by atoms with E-state index in [0.717, 1.165) is 22.3 Å². The van der Waals surface area contributed by atoms with E-state index < -0.39 is 4.92 Å². The van der Waals surface area contributed by atoms with Gasteiger partial charge in [0.25, 0.3) is 5.69 Å². The number of thioether (sulfide) groups is 1. The van der Waals surface area contributed by atoms with Gasteiger partial charge < -0.3 is 0 Å². The Morgan fingerprint density at radius 2 is 1.88 bits per heavy atom. The first kappa shape index (κ1) is 15.9. The number of rotatable bonds is 5. The fraction of sp³-hybridized carbons (Fsp3) is 0.118. The normalized spacial score (nSPS) is 10.5. The molecule has 0 atom stereocenters. The smallest absolute Gasteiger partial charge is 0.258 e. The van der Waals surface area contributed by atoms with Gasteiger partial charge in [-0.3, -0.25) is 10.1 Å². The third kappa shape index (κ3) is 3.50. The molecule has 6 nitrogen and oxygen atoms in total. The van der Waals surface area contributed by atoms with E-state index in [1.807, 2.05) is 30.3 Å². The molecule has 118 valence electrons. The summed E-state index contributed by atoms with van der Waals surface area (Å²) >= 11 is 1.32. The highest BCUT2D eigenvalue weighted by molar-refractivity contribution is 7.99. The molecule has 2 aromatic carbocycles. The number of benzene rings is 2. The van der Waals surface area contributed by atoms with Crippen LogP contribution in [0.15, 0.2) is 53.6 Å². The van der Waals surface area contributed by atoms with Crippen LogP contribution in [0.2, 0.25) is 0 Å². The molecule has 0 unspecified atom stereocenters. The van der Waals surface area contributed by atoms with Crippen LogP contribution in [0, 0.1) is 21.4 Å². The van der Waals surface area contributed by atoms with E-state index in [1.54, 1.807) is 6.07 Å². The van der Waals surface area contributed by atoms with E-state index in [-0.39, 0.29) is 11.4 Å². The van der Waals surface area contributed by atoms with E-state index in [1.165, 1.54) is 23.9 Å². The van der Waals surface area contributed by atoms with Crippen molar-refractivity contribution >= 4 is 28.5 Å². The summed E-state index contributed by atoms with van der Waals surface area (Å²) in [5, 5.41) is 20.4. The monoisotopic (exact) mass is 336 g/mol. The quantitative estimate of drug-likeness (QED) is 0.400. The van der Waals surface area contributed by atoms with Gasteiger partial charge in [-0.15, -0.1) is 0 Å². The number of nitro benzene ring substituents is 1. The number of hydrogen-bond donors (Lipinski definition) is 0. The average Bonchev–Trinajstić information content (AvgIpc) is 2.60. The van der Waals surface area contributed by atoms with E-state index in [4.69, 9.17) is 5.26 Å². The van der Waals surface area contributed by atoms with Crippen LogP contribution in [0.25, 0.3) is 11.0 Å². The molecule has 0 fully saturated rings. The van der Waals surface area contributed by atoms with Crippen molar-refractivity contribution in [1.29, 1.82) is 5.26 Å². The Morgan fingerprint density at radius 1 is 1.12 bits per heavy atom. The summed E-state index contributed by atoms with van der Waals surface area (Å²) in [5.74, 6) is 0.273. The molecule has 0 spiro atoms. The SMILES string of the molecule is N#CCSc1nc2ccccc2nc1Cc1cccc([N+](=O)[O-])c1. The zero-order valence-electron chi connectivity index (χ0n) is 12.5. The van der Waals surface area contributed by atoms with E-state index in [0.29, 0.717) is 11.4 Å². The van der Waals surface area contributed by atoms with Crippen LogP contribution < -0.4 is 0 Å². The lowest BCUT2D eigenvalue weighted by Gasteiger charge is -2.08. The minimum absolute atomic E-state index is 0.0486. The molecular weight excluding hydrogens is 324 g/mol. The first-order valence-corrected chi connectivity index (χ1v) is 8.14. The average molecular weight is 336 g/mol. The second kappa shape index (κ2) is 7.06. The van der Waals surface area contributed by atoms with Crippen molar-refractivity contribution in [2.45, 2.75) is 11.4 Å². The Morgan fingerprint density at radius 3 is 2.58 bits per heavy atom. The minimum atomic E-state index is -0.416. The van der Waals surface area contributed by atoms with Crippen LogP contribution in [-0.2, 0) is 6.42 Å². The number of nitrogens with zero attached hydrogens (tertiary/aromatic N) is 4. The molecule has 0 aliphatic heterocycles. The van der Waals surface area contributed by atoms with Crippen LogP contribution in [0.5, 0.6) is 0 Å². The van der Waals surface area contributed by atoms with Crippen LogP contribution in [0.4, 0.5) is 5.69 Å². The molecule has 0 aliphatic carbocycles. The lowest BCUT2D eigenvalue weighted by Crippen LogP contribution is -2.00. The van der Waals surface area contributed by atoms with E-state index in [9.17, 15) is 10.1 Å². The molecule has 0 saturated heterocycles. The van der Waals surface area contributed by atoms with Gasteiger partial charge in [0.1, 0.15) is 5.03 Å². The number of non-ortho nitro benzene ring substituents is 1. The molecule has 3 aromatic rings. The first-order chi connectivity index (χ1) is 11.7. The molecule has 1 aromatic heterocycles. The zero-order chi connectivity index (χ0) is 16.9. The van der Waals surface area contributed by atoms with Gasteiger partial charge in [0.2, 0.25) is 0 Å². The second-order valence-electron chi connectivity index (χ2n) is 5.01. The summed E-state index contributed by atoms with van der Waals surface area (Å²) in [5.41, 5.74) is 3.08. The van der Waals surface area contributed by atoms with Crippen LogP contribution in [0.1, 0.15) is 11.3 Å². The third-order valence-corrected chi connectivity index (χ3v) is 4.25. The van der Waals surface area contributed by atoms with Crippen molar-refractivity contribution in [3.63, 3.8) is 0 Å². The Bertz CT molecular complexity index is 953. The summed E-state index contributed by atoms with van der Waals surface area (Å²) < 4.78 is 0. The first-order valence-electron chi connectivity index (χ1n) is 7.16. The van der Waals surface area contributed by atoms with Crippen molar-refractivity contribution in [3.05, 3.63) is 69.9 Å². The van der Waals surface area contributed by atoms with Crippen molar-refractivity contribution in [1.82, 2.24) is 9.97 Å². The van der Waals surface area contributed by atoms with Crippen LogP contribution in [0.3, 0.4) is 0 Å². The molecular formula is C17H12N4O2S. The zero-order valence-corrected chi connectivity index (χ0v) is 13.4. The predicted octanol–water partition coefficient (Wildman–Crippen LogP) is 3.74. The predicted molar refractivity (Wildman–Crippen MR) is 91.8 cm³/mol. The van der Waals surface area contributed by atoms with Crippen molar-refractivity contribution in [2.24, 2.45) is 0 Å². The van der Waals surface area contributed by atoms with Crippen LogP contribution in [-0.4, -0.2) is 20.6 Å². The fourth-order valence-electron chi connectivity index (χ4n) is 2.33. The fourth-order valence-corrected chi connectivity index (χ4v) is 2.97. The number of fused-ring (bicyclic) bond motifs is 1. The number of nitriles is 1. The molecule has 7 heteroatoms. The molecule has 1 heterocycles. The summed E-state index contributed by atoms with van der Waals surface area (Å²) in [6.45, 7) is 0. The Balaban J connectivity index is 2.02. The molecule has 24 heavy (non-hydrogen) atoms. The molecule has 3 rings (SSSR count). The highest BCUT2D eigenvalue weighted by Gasteiger charge is 2.12. The molecule has 0 saturated carbocycles. The van der Waals surface area contributed by atoms with Crippen molar-refractivity contribution in [3.8, 4) is 6.07 Å². The number of nitro groups is 1. The highest BCUT2D eigenvalue weighted by atomic mass is 32.2. The maximum absolute atomic E-state index is 10.9. The van der Waals surface area contributed by atoms with E-state index in [2.05, 4.69) is 16.0 Å². The summed E-state index contributed by atoms with van der Waals surface area (Å²) in [4.78, 5) is 19.7. The lowest BCUT2D eigenvalue weighted by atomic mass is 10.1. The maximum atomic E-state index is 10.9. The Labute approximate surface area is 142 Å². The van der Waals surface area contributed by atoms with Crippen LogP contribution >= 0.6 is 11.8 Å². The van der Waals surface area contributed by atoms with Crippen molar-refractivity contribution in [2.75, 3.05) is 5.75 Å². The Kier molecular flexibility index (Phi) is 4.68. The number of para-hydroxylation sites is 2. The highest BCUT2D eigenvalue weighted by Crippen LogP contribution is 2.25. The van der Waals surface area contributed by atoms with Gasteiger partial charge in [0.15, 0.2) is 0 Å². The molecule has 0 radical (unpaired) electrons. The van der Waals surface area contributed by atoms with Gasteiger partial charge in [0, 0.05) is 18.6 Å². The second-order valence-corrected chi connectivity index (χ2v) is 5.98. The maximum Gasteiger partial charge on any atom is 0.269 e. The molecule has 0 aliphatic rings. The van der Waals surface area contributed by atoms with Gasteiger partial charge in [-0.25, -0.2) is 9.97 Å². The van der Waals surface area contributed by atoms with Gasteiger partial charge in [-0.1, -0.05) is 36.0 Å². The number of aromatic nitrogens is 2. The summed E-state index contributed by atoms with van der Waals surface area (Å²) in [6.07, 6.45) is 0.424. The standard InChI is InChI=1S/C17H12N4O2S/c18-8-9-24-17-16(19-14-6-1-2-7-15(14)20-17)11-12-4-3-5-13(10-12)21(22)23/h1-7,10H,9,11H2. The largest absolute Gasteiger partial charge is 0.269 e. The Hall–Kier alpha value is -2.98. The topological polar surface area (TPSA) is 92.7 Å². The summed E-state index contributed by atoms with van der Waals surface area (Å²) in [6, 6.07) is 16.1. The van der Waals surface area contributed by atoms with Crippen molar-refractivity contribution < 1.29 is 4.92 Å². The lowest BCUT2D eigenvalue weighted by molar-refractivity contribution is -0.384. The third-order valence-electron chi connectivity index (χ3n) is 3.37. The molecule has 0 bridgehead atoms. The molecule has 0 N–H and O–H groups in total. The minimum Gasteiger partial charge on any atom is -0.258 e. The van der Waals surface area contributed by atoms with E-state index >= 15 is 0 Å². The van der Waals surface area contributed by atoms with Gasteiger partial charge >= 0.3 is 0 Å².